The third kappa shape index (κ3) is 5.19. The average molecular weight is 282 g/mol. The number of nitrogens with one attached hydrogen (secondary N) is 2. The molecule has 0 aromatic carbocycles. The number of methoxy groups -OCH3 is 1. The number of carbonyl (C=O) groups excluding carboxylic acids is 1. The summed E-state index contributed by atoms with van der Waals surface area (Å²) in [7, 11) is 1.57. The van der Waals surface area contributed by atoms with Crippen molar-refractivity contribution in [2.24, 2.45) is 0 Å². The van der Waals surface area contributed by atoms with E-state index in [4.69, 9.17) is 4.74 Å². The Morgan fingerprint density at radius 3 is 2.85 bits per heavy atom. The number of aromatic nitrogens is 1. The lowest BCUT2D eigenvalue weighted by Crippen LogP contribution is -2.28. The van der Waals surface area contributed by atoms with E-state index in [2.05, 4.69) is 15.6 Å². The minimum Gasteiger partial charge on any atom is -0.383 e. The van der Waals surface area contributed by atoms with Gasteiger partial charge in [-0.1, -0.05) is 0 Å². The van der Waals surface area contributed by atoms with Gasteiger partial charge in [0.25, 0.3) is 5.69 Å². The highest BCUT2D eigenvalue weighted by Gasteiger charge is 2.11. The fraction of sp³-hybridized carbons (Fsp3) is 0.500. The van der Waals surface area contributed by atoms with Crippen LogP contribution in [0.3, 0.4) is 0 Å². The minimum atomic E-state index is -0.477. The Balaban J connectivity index is 2.37. The van der Waals surface area contributed by atoms with E-state index in [9.17, 15) is 14.9 Å². The number of carbonyl (C=O) groups is 1. The number of pyridine rings is 1. The third-order valence-electron chi connectivity index (χ3n) is 2.57. The van der Waals surface area contributed by atoms with Gasteiger partial charge in [0.1, 0.15) is 12.0 Å². The van der Waals surface area contributed by atoms with Crippen molar-refractivity contribution < 1.29 is 14.5 Å². The summed E-state index contributed by atoms with van der Waals surface area (Å²) in [5.41, 5.74) is 0.505. The molecule has 0 aliphatic rings. The molecule has 1 rings (SSSR count). The Bertz CT molecular complexity index is 479. The molecule has 0 radical (unpaired) electrons. The Labute approximate surface area is 116 Å². The molecule has 8 nitrogen and oxygen atoms in total. The van der Waals surface area contributed by atoms with Crippen molar-refractivity contribution in [3.8, 4) is 0 Å². The summed E-state index contributed by atoms with van der Waals surface area (Å²) in [6.45, 7) is 3.00. The van der Waals surface area contributed by atoms with Crippen LogP contribution in [0.25, 0.3) is 0 Å². The summed E-state index contributed by atoms with van der Waals surface area (Å²) in [5, 5.41) is 16.3. The fourth-order valence-electron chi connectivity index (χ4n) is 1.52. The number of anilines is 1. The maximum absolute atomic E-state index is 11.4. The summed E-state index contributed by atoms with van der Waals surface area (Å²) in [6.07, 6.45) is 1.50. The van der Waals surface area contributed by atoms with Gasteiger partial charge < -0.3 is 15.4 Å². The number of amides is 1. The Kier molecular flexibility index (Phi) is 6.38. The molecule has 110 valence electrons. The molecule has 2 N–H and O–H groups in total. The average Bonchev–Trinajstić information content (AvgIpc) is 2.38. The van der Waals surface area contributed by atoms with E-state index in [0.717, 1.165) is 0 Å². The highest BCUT2D eigenvalue weighted by atomic mass is 16.6. The van der Waals surface area contributed by atoms with Gasteiger partial charge in [-0.2, -0.15) is 0 Å². The number of hydrogen-bond donors (Lipinski definition) is 2. The zero-order valence-electron chi connectivity index (χ0n) is 11.5. The number of nitrogens with zero attached hydrogens (tertiary/aromatic N) is 2. The number of aryl methyl sites for hydroxylation is 1. The smallest absolute Gasteiger partial charge is 0.290 e. The van der Waals surface area contributed by atoms with Crippen LogP contribution in [0.1, 0.15) is 12.0 Å². The van der Waals surface area contributed by atoms with Gasteiger partial charge in [-0.3, -0.25) is 14.9 Å². The molecule has 1 aromatic rings. The van der Waals surface area contributed by atoms with Crippen LogP contribution in [-0.2, 0) is 9.53 Å². The summed E-state index contributed by atoms with van der Waals surface area (Å²) < 4.78 is 4.81. The molecule has 8 heteroatoms. The van der Waals surface area contributed by atoms with Crippen molar-refractivity contribution in [3.05, 3.63) is 27.9 Å². The van der Waals surface area contributed by atoms with Gasteiger partial charge in [0.2, 0.25) is 5.91 Å². The first kappa shape index (κ1) is 15.8. The number of rotatable bonds is 8. The molecule has 0 saturated heterocycles. The number of ether oxygens (including phenoxy) is 1. The molecule has 0 aliphatic heterocycles. The van der Waals surface area contributed by atoms with Crippen molar-refractivity contribution in [1.82, 2.24) is 10.3 Å². The van der Waals surface area contributed by atoms with E-state index < -0.39 is 4.92 Å². The van der Waals surface area contributed by atoms with Crippen molar-refractivity contribution >= 4 is 17.4 Å². The summed E-state index contributed by atoms with van der Waals surface area (Å²) >= 11 is 0. The quantitative estimate of drug-likeness (QED) is 0.416. The van der Waals surface area contributed by atoms with Crippen LogP contribution in [0.2, 0.25) is 0 Å². The lowest BCUT2D eigenvalue weighted by molar-refractivity contribution is -0.385. The largest absolute Gasteiger partial charge is 0.383 e. The van der Waals surface area contributed by atoms with Crippen molar-refractivity contribution in [2.45, 2.75) is 13.3 Å². The first-order chi connectivity index (χ1) is 9.54. The molecule has 0 fully saturated rings. The van der Waals surface area contributed by atoms with Crippen LogP contribution in [0.4, 0.5) is 11.5 Å². The Hall–Kier alpha value is -2.22. The van der Waals surface area contributed by atoms with Crippen LogP contribution < -0.4 is 10.6 Å². The molecule has 0 aliphatic carbocycles. The first-order valence-corrected chi connectivity index (χ1v) is 6.15. The molecule has 0 spiro atoms. The van der Waals surface area contributed by atoms with Crippen LogP contribution in [0, 0.1) is 17.0 Å². The van der Waals surface area contributed by atoms with Crippen LogP contribution in [0.15, 0.2) is 12.3 Å². The second-order valence-corrected chi connectivity index (χ2v) is 4.13. The second kappa shape index (κ2) is 8.05. The molecule has 0 bridgehead atoms. The number of nitro groups is 1. The van der Waals surface area contributed by atoms with E-state index in [1.165, 1.54) is 6.20 Å². The van der Waals surface area contributed by atoms with Crippen molar-refractivity contribution in [1.29, 1.82) is 0 Å². The second-order valence-electron chi connectivity index (χ2n) is 4.13. The van der Waals surface area contributed by atoms with E-state index in [1.54, 1.807) is 20.1 Å². The number of hydrogen-bond acceptors (Lipinski definition) is 6. The van der Waals surface area contributed by atoms with Gasteiger partial charge in [-0.15, -0.1) is 0 Å². The van der Waals surface area contributed by atoms with Crippen LogP contribution >= 0.6 is 0 Å². The van der Waals surface area contributed by atoms with E-state index in [-0.39, 0.29) is 11.6 Å². The SMILES string of the molecule is COCCNC(=O)CCNc1cc(C)c([N+](=O)[O-])cn1. The highest BCUT2D eigenvalue weighted by Crippen LogP contribution is 2.18. The third-order valence-corrected chi connectivity index (χ3v) is 2.57. The molecule has 1 aromatic heterocycles. The fourth-order valence-corrected chi connectivity index (χ4v) is 1.52. The maximum Gasteiger partial charge on any atom is 0.290 e. The normalized spacial score (nSPS) is 10.1. The van der Waals surface area contributed by atoms with Crippen molar-refractivity contribution in [3.63, 3.8) is 0 Å². The van der Waals surface area contributed by atoms with Crippen LogP contribution in [-0.4, -0.2) is 42.6 Å². The molecule has 1 heterocycles. The molecule has 0 atom stereocenters. The van der Waals surface area contributed by atoms with Crippen molar-refractivity contribution in [2.75, 3.05) is 32.1 Å². The molecule has 1 amide bonds. The van der Waals surface area contributed by atoms with Crippen LogP contribution in [0.5, 0.6) is 0 Å². The predicted octanol–water partition coefficient (Wildman–Crippen LogP) is 0.863. The zero-order valence-corrected chi connectivity index (χ0v) is 11.5. The van der Waals surface area contributed by atoms with Gasteiger partial charge in [0.15, 0.2) is 0 Å². The lowest BCUT2D eigenvalue weighted by atomic mass is 10.2. The molecular formula is C12H18N4O4. The van der Waals surface area contributed by atoms with E-state index in [1.807, 2.05) is 0 Å². The Morgan fingerprint density at radius 1 is 1.50 bits per heavy atom. The van der Waals surface area contributed by atoms with Gasteiger partial charge in [0.05, 0.1) is 11.5 Å². The summed E-state index contributed by atoms with van der Waals surface area (Å²) in [5.74, 6) is 0.422. The maximum atomic E-state index is 11.4. The topological polar surface area (TPSA) is 106 Å². The summed E-state index contributed by atoms with van der Waals surface area (Å²) in [4.78, 5) is 25.5. The van der Waals surface area contributed by atoms with Gasteiger partial charge in [-0.25, -0.2) is 4.98 Å². The lowest BCUT2D eigenvalue weighted by Gasteiger charge is -2.07. The molecule has 0 saturated carbocycles. The van der Waals surface area contributed by atoms with E-state index in [0.29, 0.717) is 37.5 Å². The molecule has 20 heavy (non-hydrogen) atoms. The minimum absolute atomic E-state index is 0.0205. The Morgan fingerprint density at radius 2 is 2.25 bits per heavy atom. The predicted molar refractivity (Wildman–Crippen MR) is 73.6 cm³/mol. The summed E-state index contributed by atoms with van der Waals surface area (Å²) in [6, 6.07) is 1.58. The molecular weight excluding hydrogens is 264 g/mol. The van der Waals surface area contributed by atoms with Gasteiger partial charge >= 0.3 is 0 Å². The highest BCUT2D eigenvalue weighted by molar-refractivity contribution is 5.76. The van der Waals surface area contributed by atoms with E-state index >= 15 is 0 Å². The monoisotopic (exact) mass is 282 g/mol. The standard InChI is InChI=1S/C12H18N4O4/c1-9-7-11(15-8-10(9)16(18)19)13-4-3-12(17)14-5-6-20-2/h7-8H,3-6H2,1-2H3,(H,13,15)(H,14,17). The first-order valence-electron chi connectivity index (χ1n) is 6.15. The molecule has 0 unspecified atom stereocenters. The van der Waals surface area contributed by atoms with Gasteiger partial charge in [-0.05, 0) is 13.0 Å². The zero-order chi connectivity index (χ0) is 15.0. The van der Waals surface area contributed by atoms with Gasteiger partial charge in [0, 0.05) is 32.2 Å².